The molecule has 1 amide bonds. The number of anilines is 1. The van der Waals surface area contributed by atoms with Gasteiger partial charge in [-0.25, -0.2) is 4.98 Å². The van der Waals surface area contributed by atoms with E-state index in [1.165, 1.54) is 11.3 Å². The summed E-state index contributed by atoms with van der Waals surface area (Å²) in [5.41, 5.74) is 0.116. The van der Waals surface area contributed by atoms with Gasteiger partial charge in [-0.1, -0.05) is 22.9 Å². The van der Waals surface area contributed by atoms with Gasteiger partial charge in [0.2, 0.25) is 11.0 Å². The molecule has 0 unspecified atom stereocenters. The minimum atomic E-state index is -0.417. The molecular weight excluding hydrogens is 312 g/mol. The number of aromatic nitrogens is 3. The van der Waals surface area contributed by atoms with Crippen molar-refractivity contribution in [3.05, 3.63) is 27.9 Å². The van der Waals surface area contributed by atoms with Crippen molar-refractivity contribution >= 4 is 34.0 Å². The molecule has 0 saturated heterocycles. The van der Waals surface area contributed by atoms with Gasteiger partial charge in [-0.3, -0.25) is 10.1 Å². The lowest BCUT2D eigenvalue weighted by atomic mass is 10.3. The number of hydrogen-bond acceptors (Lipinski definition) is 6. The van der Waals surface area contributed by atoms with Crippen LogP contribution in [0.3, 0.4) is 0 Å². The maximum atomic E-state index is 12.2. The van der Waals surface area contributed by atoms with Gasteiger partial charge in [0.15, 0.2) is 5.69 Å². The second-order valence-corrected chi connectivity index (χ2v) is 6.00. The van der Waals surface area contributed by atoms with E-state index in [0.29, 0.717) is 23.5 Å². The van der Waals surface area contributed by atoms with Crippen molar-refractivity contribution < 1.29 is 9.53 Å². The second-order valence-electron chi connectivity index (χ2n) is 4.59. The predicted octanol–water partition coefficient (Wildman–Crippen LogP) is 3.11. The number of carbonyl (C=O) groups excluding carboxylic acids is 1. The molecule has 0 bridgehead atoms. The monoisotopic (exact) mass is 324 g/mol. The van der Waals surface area contributed by atoms with E-state index in [0.717, 1.165) is 17.8 Å². The summed E-state index contributed by atoms with van der Waals surface area (Å²) in [6, 6.07) is 3.21. The van der Waals surface area contributed by atoms with Crippen LogP contribution in [0.15, 0.2) is 12.1 Å². The Morgan fingerprint density at radius 2 is 2.29 bits per heavy atom. The fourth-order valence-electron chi connectivity index (χ4n) is 1.75. The minimum absolute atomic E-state index is 0.116. The zero-order chi connectivity index (χ0) is 14.8. The normalized spacial score (nSPS) is 14.0. The Morgan fingerprint density at radius 1 is 1.48 bits per heavy atom. The minimum Gasteiger partial charge on any atom is -0.478 e. The fraction of sp³-hybridized carbons (Fsp3) is 0.385. The molecule has 1 aliphatic carbocycles. The largest absolute Gasteiger partial charge is 0.478 e. The van der Waals surface area contributed by atoms with Crippen LogP contribution < -0.4 is 10.1 Å². The Morgan fingerprint density at radius 3 is 3.00 bits per heavy atom. The quantitative estimate of drug-likeness (QED) is 0.914. The van der Waals surface area contributed by atoms with E-state index in [2.05, 4.69) is 20.5 Å². The van der Waals surface area contributed by atoms with Crippen LogP contribution in [0.5, 0.6) is 5.88 Å². The third-order valence-corrected chi connectivity index (χ3v) is 4.22. The Hall–Kier alpha value is -1.73. The molecule has 0 aliphatic heterocycles. The Labute approximate surface area is 130 Å². The summed E-state index contributed by atoms with van der Waals surface area (Å²) >= 11 is 7.40. The molecule has 1 N–H and O–H groups in total. The van der Waals surface area contributed by atoms with Gasteiger partial charge < -0.3 is 4.74 Å². The second kappa shape index (κ2) is 5.95. The molecule has 6 nitrogen and oxygen atoms in total. The molecule has 0 spiro atoms. The Bertz CT molecular complexity index is 672. The molecule has 2 heterocycles. The van der Waals surface area contributed by atoms with Crippen molar-refractivity contribution in [1.29, 1.82) is 0 Å². The summed E-state index contributed by atoms with van der Waals surface area (Å²) in [6.07, 6.45) is 2.29. The summed E-state index contributed by atoms with van der Waals surface area (Å²) in [7, 11) is 0. The number of nitrogens with one attached hydrogen (secondary N) is 1. The average Bonchev–Trinajstić information content (AvgIpc) is 3.22. The molecule has 0 aromatic carbocycles. The third kappa shape index (κ3) is 3.30. The summed E-state index contributed by atoms with van der Waals surface area (Å²) in [4.78, 5) is 16.3. The van der Waals surface area contributed by atoms with Gasteiger partial charge in [-0.2, -0.15) is 0 Å². The number of halogens is 1. The molecule has 8 heteroatoms. The van der Waals surface area contributed by atoms with E-state index in [1.54, 1.807) is 12.1 Å². The van der Waals surface area contributed by atoms with E-state index in [4.69, 9.17) is 16.3 Å². The van der Waals surface area contributed by atoms with Crippen molar-refractivity contribution in [1.82, 2.24) is 15.2 Å². The van der Waals surface area contributed by atoms with Crippen molar-refractivity contribution in [3.8, 4) is 5.88 Å². The number of nitrogens with zero attached hydrogens (tertiary/aromatic N) is 3. The van der Waals surface area contributed by atoms with Crippen LogP contribution in [0.4, 0.5) is 5.13 Å². The molecule has 110 valence electrons. The summed E-state index contributed by atoms with van der Waals surface area (Å²) < 4.78 is 5.27. The van der Waals surface area contributed by atoms with Gasteiger partial charge in [-0.05, 0) is 25.8 Å². The first-order valence-corrected chi connectivity index (χ1v) is 7.81. The van der Waals surface area contributed by atoms with Crippen LogP contribution in [0, 0.1) is 0 Å². The molecule has 1 saturated carbocycles. The van der Waals surface area contributed by atoms with E-state index in [-0.39, 0.29) is 10.7 Å². The first kappa shape index (κ1) is 14.2. The fourth-order valence-corrected chi connectivity index (χ4v) is 2.85. The number of rotatable bonds is 5. The molecule has 1 fully saturated rings. The summed E-state index contributed by atoms with van der Waals surface area (Å²) in [5, 5.41) is 12.4. The first-order chi connectivity index (χ1) is 10.2. The SMILES string of the molecule is CCOc1ccc(Cl)c(C(=O)Nc2nnc(C3CC3)s2)n1. The lowest BCUT2D eigenvalue weighted by Crippen LogP contribution is -2.14. The molecule has 2 aromatic heterocycles. The lowest BCUT2D eigenvalue weighted by molar-refractivity contribution is 0.102. The maximum Gasteiger partial charge on any atom is 0.277 e. The van der Waals surface area contributed by atoms with Crippen LogP contribution in [0.1, 0.15) is 41.2 Å². The van der Waals surface area contributed by atoms with Crippen LogP contribution in [0.2, 0.25) is 5.02 Å². The number of pyridine rings is 1. The Balaban J connectivity index is 1.75. The standard InChI is InChI=1S/C13H13ClN4O2S/c1-2-20-9-6-5-8(14)10(15-9)11(19)16-13-18-17-12(21-13)7-3-4-7/h5-7H,2-4H2,1H3,(H,16,18,19). The van der Waals surface area contributed by atoms with Gasteiger partial charge in [0.05, 0.1) is 11.6 Å². The Kier molecular flexibility index (Phi) is 4.03. The topological polar surface area (TPSA) is 77.0 Å². The zero-order valence-electron chi connectivity index (χ0n) is 11.3. The molecule has 0 radical (unpaired) electrons. The molecule has 2 aromatic rings. The highest BCUT2D eigenvalue weighted by Gasteiger charge is 2.28. The van der Waals surface area contributed by atoms with Gasteiger partial charge in [0, 0.05) is 12.0 Å². The predicted molar refractivity (Wildman–Crippen MR) is 80.3 cm³/mol. The summed E-state index contributed by atoms with van der Waals surface area (Å²) in [5.74, 6) is 0.458. The lowest BCUT2D eigenvalue weighted by Gasteiger charge is -2.06. The zero-order valence-corrected chi connectivity index (χ0v) is 12.9. The molecule has 0 atom stereocenters. The van der Waals surface area contributed by atoms with E-state index >= 15 is 0 Å². The van der Waals surface area contributed by atoms with E-state index in [9.17, 15) is 4.79 Å². The van der Waals surface area contributed by atoms with Crippen molar-refractivity contribution in [2.45, 2.75) is 25.7 Å². The van der Waals surface area contributed by atoms with Crippen LogP contribution in [0.25, 0.3) is 0 Å². The third-order valence-electron chi connectivity index (χ3n) is 2.92. The smallest absolute Gasteiger partial charge is 0.277 e. The highest BCUT2D eigenvalue weighted by atomic mass is 35.5. The molecule has 3 rings (SSSR count). The number of hydrogen-bond donors (Lipinski definition) is 1. The van der Waals surface area contributed by atoms with Crippen LogP contribution in [-0.4, -0.2) is 27.7 Å². The average molecular weight is 325 g/mol. The van der Waals surface area contributed by atoms with Gasteiger partial charge in [0.25, 0.3) is 5.91 Å². The van der Waals surface area contributed by atoms with Crippen molar-refractivity contribution in [2.75, 3.05) is 11.9 Å². The van der Waals surface area contributed by atoms with E-state index < -0.39 is 5.91 Å². The highest BCUT2D eigenvalue weighted by Crippen LogP contribution is 2.42. The molecule has 21 heavy (non-hydrogen) atoms. The number of amides is 1. The maximum absolute atomic E-state index is 12.2. The van der Waals surface area contributed by atoms with Gasteiger partial charge in [0.1, 0.15) is 5.01 Å². The van der Waals surface area contributed by atoms with E-state index in [1.807, 2.05) is 6.92 Å². The first-order valence-electron chi connectivity index (χ1n) is 6.61. The van der Waals surface area contributed by atoms with Gasteiger partial charge in [-0.15, -0.1) is 10.2 Å². The summed E-state index contributed by atoms with van der Waals surface area (Å²) in [6.45, 7) is 2.31. The van der Waals surface area contributed by atoms with Crippen LogP contribution in [-0.2, 0) is 0 Å². The van der Waals surface area contributed by atoms with Crippen molar-refractivity contribution in [3.63, 3.8) is 0 Å². The highest BCUT2D eigenvalue weighted by molar-refractivity contribution is 7.15. The van der Waals surface area contributed by atoms with Gasteiger partial charge >= 0.3 is 0 Å². The molecule has 1 aliphatic rings. The molecular formula is C13H13ClN4O2S. The number of ether oxygens (including phenoxy) is 1. The van der Waals surface area contributed by atoms with Crippen LogP contribution >= 0.6 is 22.9 Å². The van der Waals surface area contributed by atoms with Crippen molar-refractivity contribution in [2.24, 2.45) is 0 Å². The number of carbonyl (C=O) groups is 1.